The molecule has 0 fully saturated rings. The van der Waals surface area contributed by atoms with Gasteiger partial charge in [-0.05, 0) is 0 Å². The Hall–Kier alpha value is -1.65. The van der Waals surface area contributed by atoms with Gasteiger partial charge in [-0.3, -0.25) is 10.4 Å². The Morgan fingerprint density at radius 3 is 2.75 bits per heavy atom. The first-order chi connectivity index (χ1) is 5.77. The highest BCUT2D eigenvalue weighted by molar-refractivity contribution is 5.89. The molecule has 0 unspecified atom stereocenters. The molecule has 1 N–H and O–H groups in total. The van der Waals surface area contributed by atoms with Gasteiger partial charge in [-0.15, -0.1) is 0 Å². The van der Waals surface area contributed by atoms with Crippen molar-refractivity contribution in [2.75, 3.05) is 14.2 Å². The molecule has 5 nitrogen and oxygen atoms in total. The van der Waals surface area contributed by atoms with Crippen LogP contribution in [-0.2, 0) is 4.74 Å². The van der Waals surface area contributed by atoms with Gasteiger partial charge in [-0.1, -0.05) is 0 Å². The van der Waals surface area contributed by atoms with Crippen LogP contribution in [0.5, 0.6) is 5.88 Å². The van der Waals surface area contributed by atoms with Crippen molar-refractivity contribution in [3.8, 4) is 5.88 Å². The second-order valence-electron chi connectivity index (χ2n) is 1.98. The van der Waals surface area contributed by atoms with E-state index < -0.39 is 0 Å². The van der Waals surface area contributed by atoms with Crippen molar-refractivity contribution >= 4 is 5.90 Å². The summed E-state index contributed by atoms with van der Waals surface area (Å²) in [4.78, 5) is 7.74. The maximum Gasteiger partial charge on any atom is 0.233 e. The Morgan fingerprint density at radius 2 is 2.17 bits per heavy atom. The van der Waals surface area contributed by atoms with Gasteiger partial charge in [0.2, 0.25) is 11.8 Å². The Labute approximate surface area is 69.9 Å². The van der Waals surface area contributed by atoms with Crippen LogP contribution in [0.1, 0.15) is 5.69 Å². The Kier molecular flexibility index (Phi) is 2.57. The molecule has 0 aliphatic rings. The molecular weight excluding hydrogens is 158 g/mol. The summed E-state index contributed by atoms with van der Waals surface area (Å²) in [5.41, 5.74) is 0.358. The fraction of sp³-hybridized carbons (Fsp3) is 0.286. The number of nitrogens with one attached hydrogen (secondary N) is 1. The fourth-order valence-electron chi connectivity index (χ4n) is 0.660. The lowest BCUT2D eigenvalue weighted by Gasteiger charge is -2.01. The van der Waals surface area contributed by atoms with Crippen LogP contribution in [0.25, 0.3) is 0 Å². The van der Waals surface area contributed by atoms with Gasteiger partial charge < -0.3 is 9.47 Å². The molecule has 5 heteroatoms. The highest BCUT2D eigenvalue weighted by Crippen LogP contribution is 2.04. The van der Waals surface area contributed by atoms with Gasteiger partial charge in [-0.2, -0.15) is 0 Å². The van der Waals surface area contributed by atoms with E-state index >= 15 is 0 Å². The first-order valence-electron chi connectivity index (χ1n) is 3.27. The molecule has 0 bridgehead atoms. The van der Waals surface area contributed by atoms with Crippen LogP contribution in [0.2, 0.25) is 0 Å². The molecule has 0 radical (unpaired) electrons. The lowest BCUT2D eigenvalue weighted by atomic mass is 10.4. The van der Waals surface area contributed by atoms with Gasteiger partial charge in [0.1, 0.15) is 5.69 Å². The number of nitrogens with zero attached hydrogens (tertiary/aromatic N) is 2. The van der Waals surface area contributed by atoms with Crippen LogP contribution in [-0.4, -0.2) is 30.1 Å². The van der Waals surface area contributed by atoms with Crippen LogP contribution >= 0.6 is 0 Å². The van der Waals surface area contributed by atoms with E-state index in [2.05, 4.69) is 14.7 Å². The smallest absolute Gasteiger partial charge is 0.233 e. The lowest BCUT2D eigenvalue weighted by molar-refractivity contribution is 0.385. The molecule has 0 saturated carbocycles. The number of methoxy groups -OCH3 is 2. The number of hydrogen-bond acceptors (Lipinski definition) is 5. The van der Waals surface area contributed by atoms with Crippen molar-refractivity contribution in [3.63, 3.8) is 0 Å². The Morgan fingerprint density at radius 1 is 1.42 bits per heavy atom. The molecule has 0 aliphatic heterocycles. The normalized spacial score (nSPS) is 9.17. The maximum absolute atomic E-state index is 7.27. The van der Waals surface area contributed by atoms with Gasteiger partial charge in [-0.25, -0.2) is 4.98 Å². The van der Waals surface area contributed by atoms with E-state index in [-0.39, 0.29) is 5.90 Å². The molecular formula is C7H9N3O2. The summed E-state index contributed by atoms with van der Waals surface area (Å²) in [6.07, 6.45) is 2.90. The molecule has 64 valence electrons. The van der Waals surface area contributed by atoms with Gasteiger partial charge >= 0.3 is 0 Å². The zero-order valence-corrected chi connectivity index (χ0v) is 6.87. The molecule has 0 atom stereocenters. The van der Waals surface area contributed by atoms with E-state index in [1.165, 1.54) is 26.6 Å². The average molecular weight is 167 g/mol. The molecule has 1 rings (SSSR count). The summed E-state index contributed by atoms with van der Waals surface area (Å²) < 4.78 is 9.48. The Bertz CT molecular complexity index is 288. The van der Waals surface area contributed by atoms with E-state index in [1.807, 2.05) is 0 Å². The number of aromatic nitrogens is 2. The standard InChI is InChI=1S/C7H9N3O2/c1-11-6-4-9-3-5(10-6)7(8)12-2/h3-4,8H,1-2H3. The molecule has 0 spiro atoms. The summed E-state index contributed by atoms with van der Waals surface area (Å²) in [5.74, 6) is 0.343. The lowest BCUT2D eigenvalue weighted by Crippen LogP contribution is -2.05. The van der Waals surface area contributed by atoms with Crippen molar-refractivity contribution in [1.29, 1.82) is 5.41 Å². The van der Waals surface area contributed by atoms with Crippen LogP contribution in [0.3, 0.4) is 0 Å². The van der Waals surface area contributed by atoms with Crippen LogP contribution in [0, 0.1) is 5.41 Å². The average Bonchev–Trinajstić information content (AvgIpc) is 2.17. The third kappa shape index (κ3) is 1.69. The SMILES string of the molecule is COC(=N)c1cncc(OC)n1. The van der Waals surface area contributed by atoms with Gasteiger partial charge in [0.25, 0.3) is 0 Å². The summed E-state index contributed by atoms with van der Waals surface area (Å²) in [6, 6.07) is 0. The third-order valence-corrected chi connectivity index (χ3v) is 1.26. The monoisotopic (exact) mass is 167 g/mol. The van der Waals surface area contributed by atoms with Crippen LogP contribution < -0.4 is 4.74 Å². The fourth-order valence-corrected chi connectivity index (χ4v) is 0.660. The minimum atomic E-state index is -0.0265. The van der Waals surface area contributed by atoms with E-state index in [4.69, 9.17) is 10.1 Å². The Balaban J connectivity index is 2.93. The largest absolute Gasteiger partial charge is 0.480 e. The van der Waals surface area contributed by atoms with Gasteiger partial charge in [0.15, 0.2) is 0 Å². The molecule has 0 amide bonds. The van der Waals surface area contributed by atoms with E-state index in [1.54, 1.807) is 0 Å². The minimum absolute atomic E-state index is 0.0265. The molecule has 0 aliphatic carbocycles. The minimum Gasteiger partial charge on any atom is -0.480 e. The maximum atomic E-state index is 7.27. The quantitative estimate of drug-likeness (QED) is 0.513. The van der Waals surface area contributed by atoms with Gasteiger partial charge in [0, 0.05) is 0 Å². The predicted octanol–water partition coefficient (Wildman–Crippen LogP) is 0.457. The molecule has 1 heterocycles. The summed E-state index contributed by atoms with van der Waals surface area (Å²) in [6.45, 7) is 0. The van der Waals surface area contributed by atoms with E-state index in [9.17, 15) is 0 Å². The topological polar surface area (TPSA) is 68.1 Å². The van der Waals surface area contributed by atoms with Crippen molar-refractivity contribution in [2.24, 2.45) is 0 Å². The van der Waals surface area contributed by atoms with E-state index in [0.717, 1.165) is 0 Å². The van der Waals surface area contributed by atoms with Crippen molar-refractivity contribution in [2.45, 2.75) is 0 Å². The van der Waals surface area contributed by atoms with Crippen molar-refractivity contribution in [1.82, 2.24) is 9.97 Å². The summed E-state index contributed by atoms with van der Waals surface area (Å²) in [7, 11) is 2.90. The highest BCUT2D eigenvalue weighted by Gasteiger charge is 2.03. The highest BCUT2D eigenvalue weighted by atomic mass is 16.5. The zero-order chi connectivity index (χ0) is 8.97. The molecule has 12 heavy (non-hydrogen) atoms. The second kappa shape index (κ2) is 3.66. The molecule has 1 aromatic heterocycles. The first-order valence-corrected chi connectivity index (χ1v) is 3.27. The molecule has 0 saturated heterocycles. The van der Waals surface area contributed by atoms with Crippen LogP contribution in [0.4, 0.5) is 0 Å². The number of rotatable bonds is 2. The molecule has 1 aromatic rings. The second-order valence-corrected chi connectivity index (χ2v) is 1.98. The van der Waals surface area contributed by atoms with Gasteiger partial charge in [0.05, 0.1) is 26.6 Å². The van der Waals surface area contributed by atoms with Crippen molar-refractivity contribution < 1.29 is 9.47 Å². The zero-order valence-electron chi connectivity index (χ0n) is 6.87. The number of ether oxygens (including phenoxy) is 2. The predicted molar refractivity (Wildman–Crippen MR) is 42.4 cm³/mol. The third-order valence-electron chi connectivity index (χ3n) is 1.26. The summed E-state index contributed by atoms with van der Waals surface area (Å²) >= 11 is 0. The molecule has 0 aromatic carbocycles. The number of hydrogen-bond donors (Lipinski definition) is 1. The van der Waals surface area contributed by atoms with E-state index in [0.29, 0.717) is 11.6 Å². The first kappa shape index (κ1) is 8.45. The summed E-state index contributed by atoms with van der Waals surface area (Å²) in [5, 5.41) is 7.27. The van der Waals surface area contributed by atoms with Crippen LogP contribution in [0.15, 0.2) is 12.4 Å². The van der Waals surface area contributed by atoms with Crippen molar-refractivity contribution in [3.05, 3.63) is 18.1 Å².